The molecule has 0 spiro atoms. The average Bonchev–Trinajstić information content (AvgIpc) is 2.17. The first kappa shape index (κ1) is 7.98. The molecular weight excluding hydrogens is 138 g/mol. The third-order valence-corrected chi connectivity index (χ3v) is 1.73. The fourth-order valence-electron chi connectivity index (χ4n) is 1.05. The first-order valence-electron chi connectivity index (χ1n) is 3.25. The van der Waals surface area contributed by atoms with Crippen LogP contribution in [-0.4, -0.2) is 49.0 Å². The first-order valence-corrected chi connectivity index (χ1v) is 3.25. The normalized spacial score (nSPS) is 47.9. The van der Waals surface area contributed by atoms with Crippen LogP contribution in [0.15, 0.2) is 0 Å². The van der Waals surface area contributed by atoms with E-state index in [2.05, 4.69) is 0 Å². The highest BCUT2D eigenvalue weighted by molar-refractivity contribution is 6.11. The number of rotatable bonds is 1. The van der Waals surface area contributed by atoms with Gasteiger partial charge in [-0.3, -0.25) is 0 Å². The van der Waals surface area contributed by atoms with E-state index in [0.717, 1.165) is 0 Å². The standard InChI is InChI=1S/C5H10BFO3/c6-5-4(9)3(7)2(1-8)10-5/h2-5,8-9H,1,6H2/t2-,3?,4?,5-/m1/s1. The third-order valence-electron chi connectivity index (χ3n) is 1.73. The largest absolute Gasteiger partial charge is 0.394 e. The third kappa shape index (κ3) is 1.16. The molecule has 5 heteroatoms. The molecule has 4 atom stereocenters. The zero-order valence-electron chi connectivity index (χ0n) is 5.70. The zero-order valence-corrected chi connectivity index (χ0v) is 5.70. The molecule has 0 bridgehead atoms. The van der Waals surface area contributed by atoms with Crippen LogP contribution >= 0.6 is 0 Å². The van der Waals surface area contributed by atoms with Gasteiger partial charge in [-0.05, 0) is 0 Å². The Morgan fingerprint density at radius 3 is 2.40 bits per heavy atom. The summed E-state index contributed by atoms with van der Waals surface area (Å²) in [7, 11) is 1.58. The van der Waals surface area contributed by atoms with Crippen molar-refractivity contribution in [3.05, 3.63) is 0 Å². The van der Waals surface area contributed by atoms with E-state index in [1.807, 2.05) is 0 Å². The quantitative estimate of drug-likeness (QED) is 0.424. The van der Waals surface area contributed by atoms with Crippen molar-refractivity contribution < 1.29 is 19.3 Å². The lowest BCUT2D eigenvalue weighted by molar-refractivity contribution is 0.0184. The maximum absolute atomic E-state index is 12.7. The molecule has 1 heterocycles. The van der Waals surface area contributed by atoms with Gasteiger partial charge in [0.25, 0.3) is 0 Å². The van der Waals surface area contributed by atoms with E-state index in [9.17, 15) is 4.39 Å². The summed E-state index contributed by atoms with van der Waals surface area (Å²) in [5.74, 6) is 0. The molecule has 3 nitrogen and oxygen atoms in total. The summed E-state index contributed by atoms with van der Waals surface area (Å²) in [6, 6.07) is -0.507. The molecule has 10 heavy (non-hydrogen) atoms. The summed E-state index contributed by atoms with van der Waals surface area (Å²) in [5.41, 5.74) is 0. The predicted octanol–water partition coefficient (Wildman–Crippen LogP) is -1.96. The van der Waals surface area contributed by atoms with Crippen molar-refractivity contribution >= 4 is 7.85 Å². The van der Waals surface area contributed by atoms with Crippen LogP contribution in [0.3, 0.4) is 0 Å². The van der Waals surface area contributed by atoms with Gasteiger partial charge in [0.15, 0.2) is 6.17 Å². The summed E-state index contributed by atoms with van der Waals surface area (Å²) < 4.78 is 17.6. The molecule has 1 aliphatic rings. The molecule has 1 fully saturated rings. The molecule has 0 saturated carbocycles. The predicted molar refractivity (Wildman–Crippen MR) is 35.2 cm³/mol. The van der Waals surface area contributed by atoms with E-state index in [4.69, 9.17) is 14.9 Å². The van der Waals surface area contributed by atoms with E-state index >= 15 is 0 Å². The Bertz CT molecular complexity index is 123. The van der Waals surface area contributed by atoms with Gasteiger partial charge in [-0.15, -0.1) is 0 Å². The van der Waals surface area contributed by atoms with Gasteiger partial charge in [-0.2, -0.15) is 0 Å². The summed E-state index contributed by atoms with van der Waals surface area (Å²) in [5, 5.41) is 17.5. The minimum atomic E-state index is -1.44. The highest BCUT2D eigenvalue weighted by atomic mass is 19.1. The molecule has 0 aliphatic carbocycles. The molecule has 1 saturated heterocycles. The van der Waals surface area contributed by atoms with Crippen molar-refractivity contribution in [2.45, 2.75) is 24.4 Å². The minimum absolute atomic E-state index is 0.372. The van der Waals surface area contributed by atoms with Crippen molar-refractivity contribution in [2.24, 2.45) is 0 Å². The second-order valence-electron chi connectivity index (χ2n) is 2.50. The number of ether oxygens (including phenoxy) is 1. The smallest absolute Gasteiger partial charge is 0.156 e. The number of aliphatic hydroxyl groups is 2. The van der Waals surface area contributed by atoms with Crippen LogP contribution in [0, 0.1) is 0 Å². The van der Waals surface area contributed by atoms with Crippen molar-refractivity contribution in [3.63, 3.8) is 0 Å². The lowest BCUT2D eigenvalue weighted by Crippen LogP contribution is -2.30. The molecule has 0 aromatic rings. The van der Waals surface area contributed by atoms with Crippen LogP contribution in [0.4, 0.5) is 4.39 Å². The van der Waals surface area contributed by atoms with Crippen LogP contribution in [0.2, 0.25) is 0 Å². The highest BCUT2D eigenvalue weighted by Gasteiger charge is 2.40. The number of alkyl halides is 1. The fraction of sp³-hybridized carbons (Fsp3) is 1.00. The Kier molecular flexibility index (Phi) is 2.28. The van der Waals surface area contributed by atoms with Gasteiger partial charge in [-0.1, -0.05) is 0 Å². The van der Waals surface area contributed by atoms with Gasteiger partial charge in [-0.25, -0.2) is 4.39 Å². The number of aliphatic hydroxyl groups excluding tert-OH is 2. The average molecular weight is 148 g/mol. The molecule has 58 valence electrons. The van der Waals surface area contributed by atoms with Crippen molar-refractivity contribution in [1.82, 2.24) is 0 Å². The van der Waals surface area contributed by atoms with E-state index in [1.54, 1.807) is 7.85 Å². The summed E-state index contributed by atoms with van der Waals surface area (Å²) in [6.45, 7) is -0.372. The number of halogens is 1. The second-order valence-corrected chi connectivity index (χ2v) is 2.50. The Balaban J connectivity index is 2.53. The van der Waals surface area contributed by atoms with Crippen molar-refractivity contribution in [1.29, 1.82) is 0 Å². The summed E-state index contributed by atoms with van der Waals surface area (Å²) in [4.78, 5) is 0. The lowest BCUT2D eigenvalue weighted by Gasteiger charge is -2.07. The van der Waals surface area contributed by atoms with Gasteiger partial charge in [0.2, 0.25) is 0 Å². The summed E-state index contributed by atoms with van der Waals surface area (Å²) in [6.07, 6.45) is -3.37. The van der Waals surface area contributed by atoms with Crippen LogP contribution in [0.1, 0.15) is 0 Å². The molecule has 2 N–H and O–H groups in total. The second kappa shape index (κ2) is 2.86. The van der Waals surface area contributed by atoms with E-state index in [1.165, 1.54) is 0 Å². The highest BCUT2D eigenvalue weighted by Crippen LogP contribution is 2.21. The van der Waals surface area contributed by atoms with Crippen LogP contribution in [0.25, 0.3) is 0 Å². The number of hydrogen-bond donors (Lipinski definition) is 2. The first-order chi connectivity index (χ1) is 4.66. The molecule has 1 rings (SSSR count). The van der Waals surface area contributed by atoms with Gasteiger partial charge in [0.05, 0.1) is 12.6 Å². The van der Waals surface area contributed by atoms with Gasteiger partial charge in [0.1, 0.15) is 20.1 Å². The Labute approximate surface area is 59.2 Å². The van der Waals surface area contributed by atoms with Crippen LogP contribution in [-0.2, 0) is 4.74 Å². The summed E-state index contributed by atoms with van der Waals surface area (Å²) >= 11 is 0. The van der Waals surface area contributed by atoms with Crippen molar-refractivity contribution in [3.8, 4) is 0 Å². The van der Waals surface area contributed by atoms with Crippen LogP contribution in [0.5, 0.6) is 0 Å². The monoisotopic (exact) mass is 148 g/mol. The molecule has 0 aromatic carbocycles. The molecule has 1 aliphatic heterocycles. The fourth-order valence-corrected chi connectivity index (χ4v) is 1.05. The molecule has 0 radical (unpaired) electrons. The Morgan fingerprint density at radius 1 is 1.60 bits per heavy atom. The molecular formula is C5H10BFO3. The van der Waals surface area contributed by atoms with E-state index in [-0.39, 0.29) is 6.61 Å². The topological polar surface area (TPSA) is 49.7 Å². The van der Waals surface area contributed by atoms with Gasteiger partial charge >= 0.3 is 0 Å². The maximum Gasteiger partial charge on any atom is 0.156 e. The van der Waals surface area contributed by atoms with E-state index in [0.29, 0.717) is 0 Å². The molecule has 0 amide bonds. The Hall–Kier alpha value is -0.125. The van der Waals surface area contributed by atoms with Crippen molar-refractivity contribution in [2.75, 3.05) is 6.61 Å². The molecule has 0 aromatic heterocycles. The molecule has 2 unspecified atom stereocenters. The maximum atomic E-state index is 12.7. The zero-order chi connectivity index (χ0) is 7.72. The van der Waals surface area contributed by atoms with Gasteiger partial charge < -0.3 is 14.9 Å². The van der Waals surface area contributed by atoms with Gasteiger partial charge in [0, 0.05) is 0 Å². The Morgan fingerprint density at radius 2 is 2.20 bits per heavy atom. The SMILES string of the molecule is B[C@@H]1O[C@H](CO)C(F)C1O. The minimum Gasteiger partial charge on any atom is -0.394 e. The van der Waals surface area contributed by atoms with E-state index < -0.39 is 24.4 Å². The lowest BCUT2D eigenvalue weighted by atomic mass is 9.94. The number of hydrogen-bond acceptors (Lipinski definition) is 3. The van der Waals surface area contributed by atoms with Crippen LogP contribution < -0.4 is 0 Å².